The molecule has 2 fully saturated rings. The van der Waals surface area contributed by atoms with Crippen molar-refractivity contribution in [1.82, 2.24) is 20.2 Å². The number of hydrogen-bond donors (Lipinski definition) is 2. The summed E-state index contributed by atoms with van der Waals surface area (Å²) in [5, 5.41) is 6.62. The smallest absolute Gasteiger partial charge is 0.240 e. The van der Waals surface area contributed by atoms with E-state index in [1.165, 1.54) is 25.7 Å². The number of pyridine rings is 1. The van der Waals surface area contributed by atoms with Crippen LogP contribution in [0.25, 0.3) is 11.4 Å². The summed E-state index contributed by atoms with van der Waals surface area (Å²) in [4.78, 5) is 17.2. The average molecular weight is 326 g/mol. The first kappa shape index (κ1) is 15.6. The maximum absolute atomic E-state index is 12.4. The summed E-state index contributed by atoms with van der Waals surface area (Å²) in [7, 11) is 0. The van der Waals surface area contributed by atoms with E-state index in [0.717, 1.165) is 43.0 Å². The number of nitrogens with one attached hydrogen (secondary N) is 2. The third-order valence-electron chi connectivity index (χ3n) is 5.36. The molecule has 5 nitrogen and oxygen atoms in total. The van der Waals surface area contributed by atoms with E-state index in [4.69, 9.17) is 4.98 Å². The van der Waals surface area contributed by atoms with Gasteiger partial charge in [-0.15, -0.1) is 0 Å². The highest BCUT2D eigenvalue weighted by Crippen LogP contribution is 2.29. The van der Waals surface area contributed by atoms with Gasteiger partial charge in [-0.25, -0.2) is 4.98 Å². The van der Waals surface area contributed by atoms with Gasteiger partial charge in [0.05, 0.1) is 0 Å². The zero-order valence-electron chi connectivity index (χ0n) is 14.1. The molecule has 1 atom stereocenters. The zero-order valence-corrected chi connectivity index (χ0v) is 14.1. The molecule has 3 heterocycles. The number of carbonyl (C=O) groups excluding carboxylic acids is 1. The van der Waals surface area contributed by atoms with E-state index in [1.807, 2.05) is 16.8 Å². The molecule has 3 aliphatic heterocycles. The first-order valence-corrected chi connectivity index (χ1v) is 9.25. The number of hydrogen-bond acceptors (Lipinski definition) is 3. The minimum Gasteiger partial charge on any atom is -0.352 e. The molecule has 128 valence electrons. The number of aromatic nitrogens is 2. The van der Waals surface area contributed by atoms with E-state index >= 15 is 0 Å². The van der Waals surface area contributed by atoms with Crippen LogP contribution in [0.1, 0.15) is 50.1 Å². The standard InChI is InChI=1S/C19H26N4O/c24-18(21-16-7-1-2-8-16)13-23-10-4-6-14-11-17(22-19(14)23)15-5-3-9-20-12-15/h4,6,10-11,15-16,20H,1-3,5,7-9,12-13H2,(H,21,24)/t15-/m0/s1. The fourth-order valence-electron chi connectivity index (χ4n) is 4.06. The highest BCUT2D eigenvalue weighted by molar-refractivity contribution is 5.77. The van der Waals surface area contributed by atoms with Crippen LogP contribution in [-0.2, 0) is 11.3 Å². The third-order valence-corrected chi connectivity index (χ3v) is 5.36. The molecule has 4 rings (SSSR count). The van der Waals surface area contributed by atoms with Gasteiger partial charge in [0.2, 0.25) is 5.91 Å². The maximum atomic E-state index is 12.4. The average Bonchev–Trinajstić information content (AvgIpc) is 3.25. The van der Waals surface area contributed by atoms with Crippen molar-refractivity contribution < 1.29 is 4.79 Å². The molecule has 1 amide bonds. The Kier molecular flexibility index (Phi) is 4.52. The molecule has 0 unspecified atom stereocenters. The number of amides is 1. The quantitative estimate of drug-likeness (QED) is 0.908. The van der Waals surface area contributed by atoms with Gasteiger partial charge in [0.1, 0.15) is 12.4 Å². The van der Waals surface area contributed by atoms with Crippen molar-refractivity contribution in [2.24, 2.45) is 0 Å². The van der Waals surface area contributed by atoms with Gasteiger partial charge in [0.25, 0.3) is 0 Å². The minimum atomic E-state index is 0.100. The van der Waals surface area contributed by atoms with E-state index in [1.54, 1.807) is 0 Å². The Labute approximate surface area is 143 Å². The lowest BCUT2D eigenvalue weighted by atomic mass is 9.96. The molecule has 0 aromatic heterocycles. The largest absolute Gasteiger partial charge is 0.352 e. The summed E-state index contributed by atoms with van der Waals surface area (Å²) in [6.45, 7) is 2.47. The van der Waals surface area contributed by atoms with Gasteiger partial charge in [-0.05, 0) is 50.4 Å². The molecular weight excluding hydrogens is 300 g/mol. The van der Waals surface area contributed by atoms with Crippen molar-refractivity contribution in [3.05, 3.63) is 30.1 Å². The van der Waals surface area contributed by atoms with E-state index in [9.17, 15) is 4.79 Å². The van der Waals surface area contributed by atoms with Crippen LogP contribution < -0.4 is 10.6 Å². The van der Waals surface area contributed by atoms with Crippen molar-refractivity contribution in [3.8, 4) is 11.4 Å². The summed E-state index contributed by atoms with van der Waals surface area (Å²) in [5.74, 6) is 1.52. The predicted molar refractivity (Wildman–Crippen MR) is 94.1 cm³/mol. The lowest BCUT2D eigenvalue weighted by Crippen LogP contribution is -2.35. The topological polar surface area (TPSA) is 59.0 Å². The predicted octanol–water partition coefficient (Wildman–Crippen LogP) is 2.51. The van der Waals surface area contributed by atoms with Crippen LogP contribution in [0.2, 0.25) is 0 Å². The Balaban J connectivity index is 1.50. The first-order chi connectivity index (χ1) is 11.8. The summed E-state index contributed by atoms with van der Waals surface area (Å²) in [6.07, 6.45) is 9.07. The molecule has 5 heteroatoms. The molecule has 0 aromatic rings. The van der Waals surface area contributed by atoms with Crippen LogP contribution in [0.4, 0.5) is 0 Å². The molecular formula is C19H26N4O. The molecule has 4 aliphatic rings. The van der Waals surface area contributed by atoms with Crippen LogP contribution in [0.3, 0.4) is 0 Å². The Morgan fingerprint density at radius 3 is 2.96 bits per heavy atom. The van der Waals surface area contributed by atoms with Crippen molar-refractivity contribution in [1.29, 1.82) is 0 Å². The van der Waals surface area contributed by atoms with Crippen molar-refractivity contribution in [2.45, 2.75) is 57.0 Å². The second kappa shape index (κ2) is 6.93. The molecule has 1 saturated heterocycles. The second-order valence-corrected chi connectivity index (χ2v) is 7.19. The van der Waals surface area contributed by atoms with E-state index in [0.29, 0.717) is 18.5 Å². The lowest BCUT2D eigenvalue weighted by molar-refractivity contribution is -0.122. The van der Waals surface area contributed by atoms with Gasteiger partial charge in [0, 0.05) is 36.0 Å². The number of carbonyl (C=O) groups is 1. The minimum absolute atomic E-state index is 0.100. The normalized spacial score (nSPS) is 22.1. The van der Waals surface area contributed by atoms with Gasteiger partial charge < -0.3 is 15.2 Å². The Morgan fingerprint density at radius 1 is 1.29 bits per heavy atom. The number of fused-ring (bicyclic) bond motifs is 1. The first-order valence-electron chi connectivity index (χ1n) is 9.25. The molecule has 0 spiro atoms. The summed E-state index contributed by atoms with van der Waals surface area (Å²) < 4.78 is 1.99. The monoisotopic (exact) mass is 326 g/mol. The van der Waals surface area contributed by atoms with Crippen LogP contribution >= 0.6 is 0 Å². The van der Waals surface area contributed by atoms with Crippen molar-refractivity contribution in [3.63, 3.8) is 0 Å². The fraction of sp³-hybridized carbons (Fsp3) is 0.579. The van der Waals surface area contributed by atoms with Crippen LogP contribution in [0, 0.1) is 0 Å². The lowest BCUT2D eigenvalue weighted by Gasteiger charge is -2.20. The zero-order chi connectivity index (χ0) is 16.4. The number of piperidine rings is 1. The Morgan fingerprint density at radius 2 is 2.17 bits per heavy atom. The summed E-state index contributed by atoms with van der Waals surface area (Å²) >= 11 is 0. The Hall–Kier alpha value is -1.88. The van der Waals surface area contributed by atoms with Gasteiger partial charge in [-0.2, -0.15) is 0 Å². The molecule has 1 saturated carbocycles. The third kappa shape index (κ3) is 3.31. The van der Waals surface area contributed by atoms with Crippen molar-refractivity contribution >= 4 is 5.91 Å². The fourth-order valence-corrected chi connectivity index (χ4v) is 4.06. The highest BCUT2D eigenvalue weighted by Gasteiger charge is 2.22. The molecule has 0 aromatic carbocycles. The number of rotatable bonds is 4. The van der Waals surface area contributed by atoms with E-state index < -0.39 is 0 Å². The van der Waals surface area contributed by atoms with Crippen LogP contribution in [0.5, 0.6) is 0 Å². The summed E-state index contributed by atoms with van der Waals surface area (Å²) in [6, 6.07) is 6.66. The second-order valence-electron chi connectivity index (χ2n) is 7.19. The van der Waals surface area contributed by atoms with Crippen LogP contribution in [0.15, 0.2) is 24.4 Å². The molecule has 2 N–H and O–H groups in total. The van der Waals surface area contributed by atoms with Gasteiger partial charge in [0.15, 0.2) is 0 Å². The van der Waals surface area contributed by atoms with E-state index in [2.05, 4.69) is 22.8 Å². The van der Waals surface area contributed by atoms with Gasteiger partial charge in [-0.3, -0.25) is 4.79 Å². The van der Waals surface area contributed by atoms with Gasteiger partial charge >= 0.3 is 0 Å². The maximum Gasteiger partial charge on any atom is 0.240 e. The molecule has 24 heavy (non-hydrogen) atoms. The molecule has 0 radical (unpaired) electrons. The van der Waals surface area contributed by atoms with E-state index in [-0.39, 0.29) is 5.91 Å². The van der Waals surface area contributed by atoms with Gasteiger partial charge in [-0.1, -0.05) is 12.8 Å². The Bertz CT molecular complexity index is 668. The van der Waals surface area contributed by atoms with Crippen LogP contribution in [-0.4, -0.2) is 34.6 Å². The molecule has 0 bridgehead atoms. The molecule has 1 aliphatic carbocycles. The SMILES string of the molecule is O=C(Cn1cccc2cc([C@H]3CCCNC3)nc1-2)NC1CCCC1. The number of nitrogens with zero attached hydrogens (tertiary/aromatic N) is 2. The van der Waals surface area contributed by atoms with Crippen molar-refractivity contribution in [2.75, 3.05) is 13.1 Å². The summed E-state index contributed by atoms with van der Waals surface area (Å²) in [5.41, 5.74) is 2.29. The highest BCUT2D eigenvalue weighted by atomic mass is 16.2.